The highest BCUT2D eigenvalue weighted by atomic mass is 32.1. The normalized spacial score (nSPS) is 12.2. The fourth-order valence-corrected chi connectivity index (χ4v) is 2.73. The predicted molar refractivity (Wildman–Crippen MR) is 74.9 cm³/mol. The summed E-state index contributed by atoms with van der Waals surface area (Å²) in [4.78, 5) is 14.1. The summed E-state index contributed by atoms with van der Waals surface area (Å²) in [6.07, 6.45) is 1.50. The Morgan fingerprint density at radius 1 is 1.50 bits per heavy atom. The number of aryl methyl sites for hydroxylation is 2. The van der Waals surface area contributed by atoms with Crippen molar-refractivity contribution in [2.75, 3.05) is 6.61 Å². The molecular formula is C13H22N2O2S. The molecule has 0 spiro atoms. The molecular weight excluding hydrogens is 248 g/mol. The van der Waals surface area contributed by atoms with Gasteiger partial charge in [-0.25, -0.2) is 4.79 Å². The third kappa shape index (κ3) is 5.06. The first-order chi connectivity index (χ1) is 8.52. The van der Waals surface area contributed by atoms with Gasteiger partial charge in [0.05, 0.1) is 0 Å². The van der Waals surface area contributed by atoms with E-state index in [0.29, 0.717) is 13.0 Å². The number of thiophene rings is 1. The summed E-state index contributed by atoms with van der Waals surface area (Å²) in [6, 6.07) is 2.04. The number of nitrogens with one attached hydrogen (secondary N) is 2. The minimum Gasteiger partial charge on any atom is -0.396 e. The van der Waals surface area contributed by atoms with E-state index in [4.69, 9.17) is 5.11 Å². The average Bonchev–Trinajstić information content (AvgIpc) is 2.62. The molecule has 0 aromatic carbocycles. The van der Waals surface area contributed by atoms with Gasteiger partial charge < -0.3 is 15.7 Å². The van der Waals surface area contributed by atoms with E-state index in [-0.39, 0.29) is 18.7 Å². The number of carbonyl (C=O) groups excluding carboxylic acids is 1. The van der Waals surface area contributed by atoms with Crippen molar-refractivity contribution in [3.63, 3.8) is 0 Å². The van der Waals surface area contributed by atoms with Crippen molar-refractivity contribution in [2.45, 2.75) is 46.2 Å². The van der Waals surface area contributed by atoms with E-state index in [1.54, 1.807) is 11.3 Å². The quantitative estimate of drug-likeness (QED) is 0.743. The van der Waals surface area contributed by atoms with E-state index in [2.05, 4.69) is 30.5 Å². The average molecular weight is 270 g/mol. The summed E-state index contributed by atoms with van der Waals surface area (Å²) in [7, 11) is 0. The smallest absolute Gasteiger partial charge is 0.315 e. The fourth-order valence-electron chi connectivity index (χ4n) is 1.78. The van der Waals surface area contributed by atoms with Gasteiger partial charge in [0.1, 0.15) is 0 Å². The number of aliphatic hydroxyl groups excluding tert-OH is 1. The van der Waals surface area contributed by atoms with Crippen LogP contribution in [0.2, 0.25) is 0 Å². The Bertz CT molecular complexity index is 390. The Morgan fingerprint density at radius 3 is 2.78 bits per heavy atom. The van der Waals surface area contributed by atoms with E-state index >= 15 is 0 Å². The van der Waals surface area contributed by atoms with Crippen LogP contribution in [0.15, 0.2) is 6.07 Å². The molecule has 3 N–H and O–H groups in total. The van der Waals surface area contributed by atoms with Gasteiger partial charge in [-0.05, 0) is 45.2 Å². The van der Waals surface area contributed by atoms with Gasteiger partial charge in [0.15, 0.2) is 0 Å². The van der Waals surface area contributed by atoms with Crippen LogP contribution in [-0.2, 0) is 6.54 Å². The maximum absolute atomic E-state index is 11.6. The molecule has 0 aliphatic carbocycles. The Balaban J connectivity index is 2.30. The van der Waals surface area contributed by atoms with Crippen LogP contribution in [0.25, 0.3) is 0 Å². The minimum atomic E-state index is -0.149. The fraction of sp³-hybridized carbons (Fsp3) is 0.615. The second-order valence-electron chi connectivity index (χ2n) is 4.53. The zero-order valence-electron chi connectivity index (χ0n) is 11.2. The van der Waals surface area contributed by atoms with E-state index < -0.39 is 0 Å². The van der Waals surface area contributed by atoms with Crippen molar-refractivity contribution in [1.82, 2.24) is 10.6 Å². The van der Waals surface area contributed by atoms with E-state index in [1.807, 2.05) is 6.92 Å². The molecule has 5 heteroatoms. The van der Waals surface area contributed by atoms with Gasteiger partial charge >= 0.3 is 6.03 Å². The number of rotatable bonds is 6. The standard InChI is InChI=1S/C13H22N2O2S/c1-9(5-4-6-16)15-13(17)14-8-12-7-10(2)18-11(12)3/h7,9,16H,4-6,8H2,1-3H3,(H2,14,15,17)/t9-/m0/s1. The maximum atomic E-state index is 11.6. The minimum absolute atomic E-state index is 0.0856. The number of amides is 2. The van der Waals surface area contributed by atoms with Crippen molar-refractivity contribution >= 4 is 17.4 Å². The van der Waals surface area contributed by atoms with Crippen molar-refractivity contribution in [1.29, 1.82) is 0 Å². The van der Waals surface area contributed by atoms with Gasteiger partial charge in [0.2, 0.25) is 0 Å². The van der Waals surface area contributed by atoms with Gasteiger partial charge in [-0.1, -0.05) is 0 Å². The van der Waals surface area contributed by atoms with Crippen LogP contribution in [0.1, 0.15) is 35.1 Å². The van der Waals surface area contributed by atoms with Crippen molar-refractivity contribution in [2.24, 2.45) is 0 Å². The van der Waals surface area contributed by atoms with Crippen LogP contribution < -0.4 is 10.6 Å². The number of aliphatic hydroxyl groups is 1. The molecule has 0 aliphatic rings. The molecule has 4 nitrogen and oxygen atoms in total. The Morgan fingerprint density at radius 2 is 2.22 bits per heavy atom. The summed E-state index contributed by atoms with van der Waals surface area (Å²) in [6.45, 7) is 6.81. The zero-order valence-corrected chi connectivity index (χ0v) is 12.1. The van der Waals surface area contributed by atoms with E-state index in [1.165, 1.54) is 15.3 Å². The molecule has 18 heavy (non-hydrogen) atoms. The summed E-state index contributed by atoms with van der Waals surface area (Å²) >= 11 is 1.75. The summed E-state index contributed by atoms with van der Waals surface area (Å²) < 4.78 is 0. The molecule has 0 fully saturated rings. The lowest BCUT2D eigenvalue weighted by atomic mass is 10.2. The van der Waals surface area contributed by atoms with Crippen molar-refractivity contribution in [3.05, 3.63) is 21.4 Å². The molecule has 1 rings (SSSR count). The van der Waals surface area contributed by atoms with Crippen LogP contribution in [0.3, 0.4) is 0 Å². The first kappa shape index (κ1) is 15.0. The van der Waals surface area contributed by atoms with Crippen molar-refractivity contribution in [3.8, 4) is 0 Å². The lowest BCUT2D eigenvalue weighted by molar-refractivity contribution is 0.234. The van der Waals surface area contributed by atoms with Crippen LogP contribution in [-0.4, -0.2) is 23.8 Å². The molecule has 0 saturated heterocycles. The molecule has 1 aromatic heterocycles. The molecule has 1 heterocycles. The number of hydrogen-bond acceptors (Lipinski definition) is 3. The van der Waals surface area contributed by atoms with Crippen LogP contribution in [0, 0.1) is 13.8 Å². The summed E-state index contributed by atoms with van der Waals surface area (Å²) in [5.74, 6) is 0. The topological polar surface area (TPSA) is 61.4 Å². The molecule has 0 unspecified atom stereocenters. The van der Waals surface area contributed by atoms with Crippen molar-refractivity contribution < 1.29 is 9.90 Å². The summed E-state index contributed by atoms with van der Waals surface area (Å²) in [5, 5.41) is 14.4. The maximum Gasteiger partial charge on any atom is 0.315 e. The first-order valence-corrected chi connectivity index (χ1v) is 7.05. The largest absolute Gasteiger partial charge is 0.396 e. The highest BCUT2D eigenvalue weighted by Gasteiger charge is 2.08. The van der Waals surface area contributed by atoms with Crippen LogP contribution in [0.5, 0.6) is 0 Å². The second kappa shape index (κ2) is 7.38. The number of carbonyl (C=O) groups is 1. The Labute approximate surface area is 112 Å². The molecule has 1 atom stereocenters. The third-order valence-electron chi connectivity index (χ3n) is 2.76. The highest BCUT2D eigenvalue weighted by Crippen LogP contribution is 2.20. The Hall–Kier alpha value is -1.07. The van der Waals surface area contributed by atoms with Gasteiger partial charge in [-0.15, -0.1) is 11.3 Å². The summed E-state index contributed by atoms with van der Waals surface area (Å²) in [5.41, 5.74) is 1.18. The Kier molecular flexibility index (Phi) is 6.15. The second-order valence-corrected chi connectivity index (χ2v) is 5.99. The molecule has 0 saturated carbocycles. The van der Waals surface area contributed by atoms with Crippen LogP contribution >= 0.6 is 11.3 Å². The molecule has 0 bridgehead atoms. The molecule has 0 radical (unpaired) electrons. The SMILES string of the molecule is Cc1cc(CNC(=O)N[C@@H](C)CCCO)c(C)s1. The predicted octanol–water partition coefficient (Wildman–Crippen LogP) is 2.33. The van der Waals surface area contributed by atoms with E-state index in [0.717, 1.165) is 6.42 Å². The van der Waals surface area contributed by atoms with E-state index in [9.17, 15) is 4.79 Å². The first-order valence-electron chi connectivity index (χ1n) is 6.24. The molecule has 102 valence electrons. The number of urea groups is 1. The third-order valence-corrected chi connectivity index (χ3v) is 3.76. The lowest BCUT2D eigenvalue weighted by Crippen LogP contribution is -2.40. The molecule has 0 aliphatic heterocycles. The van der Waals surface area contributed by atoms with Crippen LogP contribution in [0.4, 0.5) is 4.79 Å². The number of hydrogen-bond donors (Lipinski definition) is 3. The molecule has 2 amide bonds. The highest BCUT2D eigenvalue weighted by molar-refractivity contribution is 7.12. The van der Waals surface area contributed by atoms with Gasteiger partial charge in [-0.2, -0.15) is 0 Å². The van der Waals surface area contributed by atoms with Gasteiger partial charge in [-0.3, -0.25) is 0 Å². The molecule has 1 aromatic rings. The monoisotopic (exact) mass is 270 g/mol. The lowest BCUT2D eigenvalue weighted by Gasteiger charge is -2.13. The van der Waals surface area contributed by atoms with Gasteiger partial charge in [0.25, 0.3) is 0 Å². The van der Waals surface area contributed by atoms with Gasteiger partial charge in [0, 0.05) is 28.9 Å². The zero-order chi connectivity index (χ0) is 13.5.